The molecule has 2 heterocycles. The normalized spacial score (nSPS) is 19.3. The van der Waals surface area contributed by atoms with Crippen molar-refractivity contribution in [3.05, 3.63) is 28.4 Å². The number of aromatic hydroxyl groups is 1. The highest BCUT2D eigenvalue weighted by Crippen LogP contribution is 2.15. The summed E-state index contributed by atoms with van der Waals surface area (Å²) >= 11 is 0. The second-order valence-corrected chi connectivity index (χ2v) is 6.05. The predicted molar refractivity (Wildman–Crippen MR) is 90.5 cm³/mol. The Labute approximate surface area is 136 Å². The fourth-order valence-corrected chi connectivity index (χ4v) is 2.93. The lowest BCUT2D eigenvalue weighted by Crippen LogP contribution is -2.43. The summed E-state index contributed by atoms with van der Waals surface area (Å²) in [7, 11) is 0. The Morgan fingerprint density at radius 2 is 2.26 bits per heavy atom. The second kappa shape index (κ2) is 9.32. The number of nitroso groups, excluding NO2 is 1. The van der Waals surface area contributed by atoms with Crippen LogP contribution < -0.4 is 5.73 Å². The van der Waals surface area contributed by atoms with E-state index in [4.69, 9.17) is 5.73 Å². The topological polar surface area (TPSA) is 104 Å². The molecule has 0 aliphatic carbocycles. The molecule has 0 spiro atoms. The van der Waals surface area contributed by atoms with E-state index in [-0.39, 0.29) is 11.4 Å². The van der Waals surface area contributed by atoms with Gasteiger partial charge in [-0.1, -0.05) is 6.42 Å². The average molecular weight is 319 g/mol. The lowest BCUT2D eigenvalue weighted by Gasteiger charge is -2.30. The summed E-state index contributed by atoms with van der Waals surface area (Å²) in [5, 5.41) is 15.2. The van der Waals surface area contributed by atoms with Crippen LogP contribution in [0.25, 0.3) is 0 Å². The van der Waals surface area contributed by atoms with E-state index >= 15 is 0 Å². The van der Waals surface area contributed by atoms with Crippen LogP contribution in [-0.4, -0.2) is 46.9 Å². The molecule has 1 aromatic heterocycles. The monoisotopic (exact) mass is 319 g/mol. The van der Waals surface area contributed by atoms with Crippen molar-refractivity contribution in [1.82, 2.24) is 9.88 Å². The molecule has 0 bridgehead atoms. The van der Waals surface area contributed by atoms with Gasteiger partial charge in [0.05, 0.1) is 11.5 Å². The molecule has 1 saturated heterocycles. The van der Waals surface area contributed by atoms with Gasteiger partial charge in [-0.05, 0) is 57.3 Å². The summed E-state index contributed by atoms with van der Waals surface area (Å²) in [4.78, 5) is 16.7. The Kier molecular flexibility index (Phi) is 7.09. The van der Waals surface area contributed by atoms with Crippen LogP contribution in [0.15, 0.2) is 22.5 Å². The molecular formula is C16H25N5O2. The molecule has 1 fully saturated rings. The van der Waals surface area contributed by atoms with Gasteiger partial charge in [-0.25, -0.2) is 4.98 Å². The molecular weight excluding hydrogens is 294 g/mol. The van der Waals surface area contributed by atoms with Gasteiger partial charge in [-0.2, -0.15) is 0 Å². The van der Waals surface area contributed by atoms with Crippen LogP contribution in [0.4, 0.5) is 0 Å². The average Bonchev–Trinajstić information content (AvgIpc) is 2.55. The zero-order valence-corrected chi connectivity index (χ0v) is 13.4. The van der Waals surface area contributed by atoms with E-state index in [1.165, 1.54) is 19.2 Å². The first-order valence-electron chi connectivity index (χ1n) is 8.21. The fourth-order valence-electron chi connectivity index (χ4n) is 2.93. The predicted octanol–water partition coefficient (Wildman–Crippen LogP) is 2.02. The van der Waals surface area contributed by atoms with Crippen LogP contribution in [0, 0.1) is 4.91 Å². The number of hydrogen-bond acceptors (Lipinski definition) is 6. The summed E-state index contributed by atoms with van der Waals surface area (Å²) in [5.41, 5.74) is 7.15. The number of hydrogen-bond donors (Lipinski definition) is 2. The van der Waals surface area contributed by atoms with Crippen LogP contribution in [-0.2, 0) is 6.42 Å². The van der Waals surface area contributed by atoms with Crippen molar-refractivity contribution in [2.45, 2.75) is 44.6 Å². The molecule has 0 saturated carbocycles. The van der Waals surface area contributed by atoms with Crippen molar-refractivity contribution in [3.8, 4) is 5.75 Å². The first-order chi connectivity index (χ1) is 11.2. The number of unbranched alkanes of at least 4 members (excludes halogenated alkanes) is 2. The molecule has 2 rings (SSSR count). The summed E-state index contributed by atoms with van der Waals surface area (Å²) in [6, 6.07) is 3.71. The van der Waals surface area contributed by atoms with Gasteiger partial charge in [-0.15, -0.1) is 10.0 Å². The van der Waals surface area contributed by atoms with E-state index in [0.29, 0.717) is 6.04 Å². The van der Waals surface area contributed by atoms with Gasteiger partial charge < -0.3 is 15.7 Å². The third-order valence-corrected chi connectivity index (χ3v) is 4.14. The number of pyridine rings is 1. The molecule has 1 unspecified atom stereocenters. The minimum atomic E-state index is 0.00240. The summed E-state index contributed by atoms with van der Waals surface area (Å²) in [5.74, 6) is 0.00240. The van der Waals surface area contributed by atoms with E-state index in [1.54, 1.807) is 12.1 Å². The number of likely N-dealkylation sites (tertiary alicyclic amines) is 1. The quantitative estimate of drug-likeness (QED) is 0.330. The summed E-state index contributed by atoms with van der Waals surface area (Å²) < 4.78 is 0. The highest BCUT2D eigenvalue weighted by molar-refractivity contribution is 5.80. The third-order valence-electron chi connectivity index (χ3n) is 4.14. The SMILES string of the molecule is NC1CCCN(CCCCCc2ccc(O)c(C=NN=O)n2)C1. The van der Waals surface area contributed by atoms with Crippen molar-refractivity contribution in [3.63, 3.8) is 0 Å². The third kappa shape index (κ3) is 6.03. The number of aromatic nitrogens is 1. The lowest BCUT2D eigenvalue weighted by atomic mass is 10.1. The largest absolute Gasteiger partial charge is 0.506 e. The first kappa shape index (κ1) is 17.5. The van der Waals surface area contributed by atoms with Crippen molar-refractivity contribution in [1.29, 1.82) is 0 Å². The fraction of sp³-hybridized carbons (Fsp3) is 0.625. The molecule has 126 valence electrons. The smallest absolute Gasteiger partial charge is 0.142 e. The molecule has 1 atom stereocenters. The van der Waals surface area contributed by atoms with E-state index in [1.807, 2.05) is 0 Å². The minimum absolute atomic E-state index is 0.00240. The molecule has 7 nitrogen and oxygen atoms in total. The zero-order chi connectivity index (χ0) is 16.5. The maximum absolute atomic E-state index is 10.00. The number of rotatable bonds is 8. The number of nitrogens with zero attached hydrogens (tertiary/aromatic N) is 4. The Morgan fingerprint density at radius 3 is 3.04 bits per heavy atom. The van der Waals surface area contributed by atoms with Gasteiger partial charge in [0.15, 0.2) is 0 Å². The van der Waals surface area contributed by atoms with Crippen LogP contribution >= 0.6 is 0 Å². The Morgan fingerprint density at radius 1 is 1.39 bits per heavy atom. The number of piperidine rings is 1. The molecule has 1 aliphatic rings. The van der Waals surface area contributed by atoms with E-state index in [2.05, 4.69) is 20.3 Å². The van der Waals surface area contributed by atoms with Crippen LogP contribution in [0.5, 0.6) is 5.75 Å². The van der Waals surface area contributed by atoms with Gasteiger partial charge >= 0.3 is 0 Å². The van der Waals surface area contributed by atoms with Gasteiger partial charge in [0.25, 0.3) is 0 Å². The maximum Gasteiger partial charge on any atom is 0.142 e. The standard InChI is InChI=1S/C16H25N5O2/c17-13-5-4-10-21(12-13)9-3-1-2-6-14-7-8-16(22)15(19-14)11-18-20-23/h7-8,11,13,22H,1-6,9-10,12,17H2. The highest BCUT2D eigenvalue weighted by atomic mass is 16.3. The van der Waals surface area contributed by atoms with Crippen molar-refractivity contribution in [2.75, 3.05) is 19.6 Å². The highest BCUT2D eigenvalue weighted by Gasteiger charge is 2.15. The Hall–Kier alpha value is -1.86. The Bertz CT molecular complexity index is 535. The second-order valence-electron chi connectivity index (χ2n) is 6.05. The van der Waals surface area contributed by atoms with Gasteiger partial charge in [0.2, 0.25) is 0 Å². The van der Waals surface area contributed by atoms with Crippen LogP contribution in [0.2, 0.25) is 0 Å². The van der Waals surface area contributed by atoms with Crippen LogP contribution in [0.1, 0.15) is 43.5 Å². The number of aryl methyl sites for hydroxylation is 1. The lowest BCUT2D eigenvalue weighted by molar-refractivity contribution is 0.205. The molecule has 23 heavy (non-hydrogen) atoms. The van der Waals surface area contributed by atoms with Crippen molar-refractivity contribution in [2.24, 2.45) is 16.1 Å². The first-order valence-corrected chi connectivity index (χ1v) is 8.21. The van der Waals surface area contributed by atoms with Crippen LogP contribution in [0.3, 0.4) is 0 Å². The molecule has 3 N–H and O–H groups in total. The van der Waals surface area contributed by atoms with Crippen molar-refractivity contribution < 1.29 is 5.11 Å². The maximum atomic E-state index is 10.00. The van der Waals surface area contributed by atoms with E-state index in [0.717, 1.165) is 50.9 Å². The molecule has 1 aromatic rings. The molecule has 1 aliphatic heterocycles. The Balaban J connectivity index is 1.69. The molecule has 0 aromatic carbocycles. The molecule has 0 amide bonds. The zero-order valence-electron chi connectivity index (χ0n) is 13.4. The summed E-state index contributed by atoms with van der Waals surface area (Å²) in [6.45, 7) is 3.30. The van der Waals surface area contributed by atoms with E-state index < -0.39 is 0 Å². The number of nitrogens with two attached hydrogens (primary N) is 1. The van der Waals surface area contributed by atoms with Crippen molar-refractivity contribution >= 4 is 6.21 Å². The van der Waals surface area contributed by atoms with E-state index in [9.17, 15) is 10.0 Å². The van der Waals surface area contributed by atoms with Gasteiger partial charge in [0, 0.05) is 18.3 Å². The van der Waals surface area contributed by atoms with Gasteiger partial charge in [-0.3, -0.25) is 0 Å². The summed E-state index contributed by atoms with van der Waals surface area (Å²) in [6.07, 6.45) is 7.70. The van der Waals surface area contributed by atoms with Gasteiger partial charge in [0.1, 0.15) is 11.4 Å². The molecule has 7 heteroatoms. The molecule has 0 radical (unpaired) electrons. The minimum Gasteiger partial charge on any atom is -0.506 e.